The van der Waals surface area contributed by atoms with Gasteiger partial charge in [-0.05, 0) is 129 Å². The molecule has 0 aliphatic carbocycles. The Bertz CT molecular complexity index is 889. The van der Waals surface area contributed by atoms with E-state index in [2.05, 4.69) is 95.4 Å². The molecule has 0 spiro atoms. The van der Waals surface area contributed by atoms with Gasteiger partial charge in [0, 0.05) is 4.43 Å². The number of rotatable bonds is 13. The third-order valence-corrected chi connectivity index (χ3v) is 7.73. The van der Waals surface area contributed by atoms with E-state index in [1.165, 1.54) is 39.8 Å². The molecule has 2 nitrogen and oxygen atoms in total. The van der Waals surface area contributed by atoms with Crippen molar-refractivity contribution in [3.63, 3.8) is 0 Å². The van der Waals surface area contributed by atoms with Crippen LogP contribution in [0.2, 0.25) is 0 Å². The molecule has 0 radical (unpaired) electrons. The Morgan fingerprint density at radius 1 is 1.00 bits per heavy atom. The van der Waals surface area contributed by atoms with Crippen LogP contribution < -0.4 is 9.47 Å². The summed E-state index contributed by atoms with van der Waals surface area (Å²) in [7, 11) is 0. The largest absolute Gasteiger partial charge is 0.493 e. The van der Waals surface area contributed by atoms with Gasteiger partial charge >= 0.3 is 0 Å². The molecule has 1 unspecified atom stereocenters. The lowest BCUT2D eigenvalue weighted by Crippen LogP contribution is -2.36. The van der Waals surface area contributed by atoms with Crippen molar-refractivity contribution < 1.29 is 9.47 Å². The monoisotopic (exact) mass is 578 g/mol. The van der Waals surface area contributed by atoms with E-state index in [0.717, 1.165) is 73.9 Å². The Morgan fingerprint density at radius 2 is 1.65 bits per heavy atom. The van der Waals surface area contributed by atoms with Gasteiger partial charge in [0.1, 0.15) is 17.1 Å². The average Bonchev–Trinajstić information content (AvgIpc) is 2.77. The topological polar surface area (TPSA) is 18.5 Å². The standard InChI is InChI=1S/C31H47IO2/c1-23(2)12-8-13-24(3)14-9-15-25(4)16-10-18-31(7)19-17-28-22-29(33-21-11-20-32)26(5)27(6)30(28)34-31/h12,14,16,22H,8-11,13,15,17-21H2,1-7H3. The number of fused-ring (bicyclic) bond motifs is 1. The summed E-state index contributed by atoms with van der Waals surface area (Å²) in [6.45, 7) is 16.3. The highest BCUT2D eigenvalue weighted by molar-refractivity contribution is 14.1. The van der Waals surface area contributed by atoms with Crippen LogP contribution in [-0.2, 0) is 6.42 Å². The number of allylic oxidation sites excluding steroid dienone is 6. The molecule has 0 saturated carbocycles. The van der Waals surface area contributed by atoms with Gasteiger partial charge in [0.15, 0.2) is 0 Å². The molecule has 1 aliphatic heterocycles. The van der Waals surface area contributed by atoms with Crippen molar-refractivity contribution in [2.45, 2.75) is 112 Å². The van der Waals surface area contributed by atoms with Gasteiger partial charge in [0.2, 0.25) is 0 Å². The molecule has 3 heteroatoms. The van der Waals surface area contributed by atoms with E-state index in [-0.39, 0.29) is 5.60 Å². The minimum absolute atomic E-state index is 0.0913. The summed E-state index contributed by atoms with van der Waals surface area (Å²) in [5, 5.41) is 0. The van der Waals surface area contributed by atoms with Gasteiger partial charge in [-0.25, -0.2) is 0 Å². The molecule has 0 bridgehead atoms. The second-order valence-corrected chi connectivity index (χ2v) is 11.6. The number of ether oxygens (including phenoxy) is 2. The molecule has 1 aromatic carbocycles. The lowest BCUT2D eigenvalue weighted by atomic mass is 9.86. The second-order valence-electron chi connectivity index (χ2n) is 10.6. The van der Waals surface area contributed by atoms with Crippen LogP contribution in [0.5, 0.6) is 11.5 Å². The fraction of sp³-hybridized carbons (Fsp3) is 0.613. The van der Waals surface area contributed by atoms with E-state index in [4.69, 9.17) is 9.47 Å². The maximum Gasteiger partial charge on any atom is 0.126 e. The van der Waals surface area contributed by atoms with Gasteiger partial charge in [-0.15, -0.1) is 0 Å². The number of halogens is 1. The third kappa shape index (κ3) is 9.43. The molecule has 0 saturated heterocycles. The Morgan fingerprint density at radius 3 is 2.29 bits per heavy atom. The highest BCUT2D eigenvalue weighted by Gasteiger charge is 2.32. The maximum atomic E-state index is 6.66. The van der Waals surface area contributed by atoms with Crippen molar-refractivity contribution in [1.82, 2.24) is 0 Å². The quantitative estimate of drug-likeness (QED) is 0.100. The first-order chi connectivity index (χ1) is 16.1. The van der Waals surface area contributed by atoms with Gasteiger partial charge in [-0.1, -0.05) is 57.5 Å². The summed E-state index contributed by atoms with van der Waals surface area (Å²) in [6.07, 6.45) is 17.2. The van der Waals surface area contributed by atoms with Crippen molar-refractivity contribution in [3.8, 4) is 11.5 Å². The van der Waals surface area contributed by atoms with E-state index in [1.54, 1.807) is 0 Å². The van der Waals surface area contributed by atoms with Gasteiger partial charge in [-0.2, -0.15) is 0 Å². The molecule has 1 atom stereocenters. The maximum absolute atomic E-state index is 6.66. The van der Waals surface area contributed by atoms with Crippen LogP contribution in [0.4, 0.5) is 0 Å². The molecule has 0 fully saturated rings. The van der Waals surface area contributed by atoms with Gasteiger partial charge in [-0.3, -0.25) is 0 Å². The highest BCUT2D eigenvalue weighted by atomic mass is 127. The molecular formula is C31H47IO2. The molecule has 2 rings (SSSR count). The Hall–Kier alpha value is -1.23. The first kappa shape index (κ1) is 29.0. The first-order valence-corrected chi connectivity index (χ1v) is 14.6. The minimum atomic E-state index is -0.0913. The average molecular weight is 579 g/mol. The third-order valence-electron chi connectivity index (χ3n) is 6.97. The fourth-order valence-corrected chi connectivity index (χ4v) is 4.79. The Labute approximate surface area is 223 Å². The Kier molecular flexibility index (Phi) is 12.2. The van der Waals surface area contributed by atoms with Crippen LogP contribution in [0.1, 0.15) is 103 Å². The van der Waals surface area contributed by atoms with E-state index in [0.29, 0.717) is 0 Å². The summed E-state index contributed by atoms with van der Waals surface area (Å²) < 4.78 is 13.9. The molecule has 190 valence electrons. The van der Waals surface area contributed by atoms with Crippen LogP contribution in [0.15, 0.2) is 41.0 Å². The number of hydrogen-bond donors (Lipinski definition) is 0. The van der Waals surface area contributed by atoms with E-state index >= 15 is 0 Å². The van der Waals surface area contributed by atoms with Crippen LogP contribution >= 0.6 is 22.6 Å². The normalized spacial score (nSPS) is 18.4. The van der Waals surface area contributed by atoms with Crippen LogP contribution in [-0.4, -0.2) is 16.6 Å². The van der Waals surface area contributed by atoms with Crippen molar-refractivity contribution in [2.24, 2.45) is 0 Å². The molecule has 1 aliphatic rings. The molecule has 0 amide bonds. The minimum Gasteiger partial charge on any atom is -0.493 e. The van der Waals surface area contributed by atoms with Crippen molar-refractivity contribution >= 4 is 22.6 Å². The lowest BCUT2D eigenvalue weighted by molar-refractivity contribution is 0.0560. The predicted molar refractivity (Wildman–Crippen MR) is 157 cm³/mol. The zero-order chi connectivity index (χ0) is 25.1. The summed E-state index contributed by atoms with van der Waals surface area (Å²) in [5.41, 5.74) is 8.10. The van der Waals surface area contributed by atoms with Crippen molar-refractivity contribution in [3.05, 3.63) is 57.7 Å². The van der Waals surface area contributed by atoms with E-state index in [9.17, 15) is 0 Å². The van der Waals surface area contributed by atoms with E-state index in [1.807, 2.05) is 0 Å². The van der Waals surface area contributed by atoms with Crippen molar-refractivity contribution in [2.75, 3.05) is 11.0 Å². The summed E-state index contributed by atoms with van der Waals surface area (Å²) in [6, 6.07) is 2.23. The zero-order valence-corrected chi connectivity index (χ0v) is 24.9. The van der Waals surface area contributed by atoms with Gasteiger partial charge in [0.05, 0.1) is 6.61 Å². The molecule has 1 aromatic rings. The van der Waals surface area contributed by atoms with Crippen LogP contribution in [0.3, 0.4) is 0 Å². The van der Waals surface area contributed by atoms with Crippen LogP contribution in [0.25, 0.3) is 0 Å². The predicted octanol–water partition coefficient (Wildman–Crippen LogP) is 9.79. The number of hydrogen-bond acceptors (Lipinski definition) is 2. The zero-order valence-electron chi connectivity index (χ0n) is 22.8. The Balaban J connectivity index is 1.88. The molecular weight excluding hydrogens is 531 g/mol. The van der Waals surface area contributed by atoms with Crippen LogP contribution in [0, 0.1) is 13.8 Å². The first-order valence-electron chi connectivity index (χ1n) is 13.1. The number of aryl methyl sites for hydroxylation is 1. The molecule has 0 aromatic heterocycles. The lowest BCUT2D eigenvalue weighted by Gasteiger charge is -2.37. The van der Waals surface area contributed by atoms with Crippen molar-refractivity contribution in [1.29, 1.82) is 0 Å². The highest BCUT2D eigenvalue weighted by Crippen LogP contribution is 2.42. The van der Waals surface area contributed by atoms with Gasteiger partial charge in [0.25, 0.3) is 0 Å². The molecule has 0 N–H and O–H groups in total. The van der Waals surface area contributed by atoms with Gasteiger partial charge < -0.3 is 9.47 Å². The number of alkyl halides is 1. The summed E-state index contributed by atoms with van der Waals surface area (Å²) >= 11 is 2.40. The fourth-order valence-electron chi connectivity index (χ4n) is 4.48. The van der Waals surface area contributed by atoms with E-state index < -0.39 is 0 Å². The summed E-state index contributed by atoms with van der Waals surface area (Å²) in [4.78, 5) is 0. The smallest absolute Gasteiger partial charge is 0.126 e. The summed E-state index contributed by atoms with van der Waals surface area (Å²) in [5.74, 6) is 2.13. The second kappa shape index (κ2) is 14.4. The SMILES string of the molecule is CC(C)=CCCC(C)=CCCC(C)=CCCC1(C)CCc2cc(OCCCI)c(C)c(C)c2O1. The molecule has 34 heavy (non-hydrogen) atoms. The molecule has 1 heterocycles. The number of benzene rings is 1.